The maximum absolute atomic E-state index is 5.78. The lowest BCUT2D eigenvalue weighted by Crippen LogP contribution is -1.77. The third kappa shape index (κ3) is 0.833. The van der Waals surface area contributed by atoms with Gasteiger partial charge >= 0.3 is 0 Å². The fourth-order valence-electron chi connectivity index (χ4n) is 0.929. The molecule has 1 aromatic heterocycles. The van der Waals surface area contributed by atoms with Gasteiger partial charge in [0.2, 0.25) is 0 Å². The van der Waals surface area contributed by atoms with Crippen molar-refractivity contribution in [2.75, 3.05) is 0 Å². The van der Waals surface area contributed by atoms with Crippen molar-refractivity contribution in [2.45, 2.75) is 18.8 Å². The molecule has 0 amide bonds. The summed E-state index contributed by atoms with van der Waals surface area (Å²) in [6, 6.07) is 0. The number of H-pyrrole nitrogens is 1. The molecule has 1 saturated carbocycles. The number of hydrogen-bond acceptors (Lipinski definition) is 1. The molecule has 1 aliphatic carbocycles. The summed E-state index contributed by atoms with van der Waals surface area (Å²) < 4.78 is 0. The molecule has 2 rings (SSSR count). The highest BCUT2D eigenvalue weighted by Crippen LogP contribution is 2.41. The van der Waals surface area contributed by atoms with Gasteiger partial charge in [0.15, 0.2) is 0 Å². The van der Waals surface area contributed by atoms with E-state index in [1.165, 1.54) is 12.8 Å². The predicted octanol–water partition coefficient (Wildman–Crippen LogP) is 1.94. The van der Waals surface area contributed by atoms with E-state index >= 15 is 0 Å². The highest BCUT2D eigenvalue weighted by Gasteiger charge is 2.27. The van der Waals surface area contributed by atoms with Crippen molar-refractivity contribution in [2.24, 2.45) is 0 Å². The Morgan fingerprint density at radius 1 is 1.67 bits per heavy atom. The van der Waals surface area contributed by atoms with Crippen LogP contribution in [-0.2, 0) is 0 Å². The Kier molecular flexibility index (Phi) is 1.02. The monoisotopic (exact) mass is 142 g/mol. The summed E-state index contributed by atoms with van der Waals surface area (Å²) in [6.45, 7) is 0. The van der Waals surface area contributed by atoms with Crippen LogP contribution < -0.4 is 0 Å². The molecule has 0 atom stereocenters. The maximum atomic E-state index is 5.78. The van der Waals surface area contributed by atoms with Crippen LogP contribution in [0.3, 0.4) is 0 Å². The zero-order valence-electron chi connectivity index (χ0n) is 4.89. The van der Waals surface area contributed by atoms with E-state index in [-0.39, 0.29) is 0 Å². The first-order chi connectivity index (χ1) is 4.38. The van der Waals surface area contributed by atoms with E-state index in [4.69, 9.17) is 11.6 Å². The van der Waals surface area contributed by atoms with E-state index in [2.05, 4.69) is 10.2 Å². The van der Waals surface area contributed by atoms with Crippen molar-refractivity contribution in [3.05, 3.63) is 16.9 Å². The summed E-state index contributed by atoms with van der Waals surface area (Å²) >= 11 is 5.78. The summed E-state index contributed by atoms with van der Waals surface area (Å²) in [7, 11) is 0. The molecule has 3 heteroatoms. The van der Waals surface area contributed by atoms with Crippen LogP contribution >= 0.6 is 11.6 Å². The summed E-state index contributed by atoms with van der Waals surface area (Å²) in [5.41, 5.74) is 1.05. The van der Waals surface area contributed by atoms with Crippen molar-refractivity contribution in [1.82, 2.24) is 10.2 Å². The van der Waals surface area contributed by atoms with E-state index in [1.807, 2.05) is 0 Å². The lowest BCUT2D eigenvalue weighted by molar-refractivity contribution is 0.965. The second-order valence-electron chi connectivity index (χ2n) is 2.39. The Labute approximate surface area is 58.2 Å². The van der Waals surface area contributed by atoms with Crippen molar-refractivity contribution in [3.8, 4) is 0 Å². The zero-order chi connectivity index (χ0) is 6.27. The first kappa shape index (κ1) is 5.30. The van der Waals surface area contributed by atoms with Crippen molar-refractivity contribution in [1.29, 1.82) is 0 Å². The fraction of sp³-hybridized carbons (Fsp3) is 0.500. The van der Waals surface area contributed by atoms with Gasteiger partial charge in [0.05, 0.1) is 10.7 Å². The Morgan fingerprint density at radius 2 is 2.44 bits per heavy atom. The summed E-state index contributed by atoms with van der Waals surface area (Å²) in [5.74, 6) is 0.656. The fourth-order valence-corrected chi connectivity index (χ4v) is 1.17. The smallest absolute Gasteiger partial charge is 0.0839 e. The van der Waals surface area contributed by atoms with Crippen LogP contribution in [-0.4, -0.2) is 10.2 Å². The topological polar surface area (TPSA) is 28.7 Å². The number of rotatable bonds is 1. The molecule has 0 radical (unpaired) electrons. The third-order valence-electron chi connectivity index (χ3n) is 1.59. The van der Waals surface area contributed by atoms with Gasteiger partial charge in [0.25, 0.3) is 0 Å². The van der Waals surface area contributed by atoms with Crippen LogP contribution in [0, 0.1) is 0 Å². The number of halogens is 1. The Hall–Kier alpha value is -0.500. The van der Waals surface area contributed by atoms with Gasteiger partial charge in [-0.05, 0) is 12.8 Å². The Balaban J connectivity index is 2.35. The number of nitrogens with one attached hydrogen (secondary N) is 1. The third-order valence-corrected chi connectivity index (χ3v) is 1.89. The van der Waals surface area contributed by atoms with Gasteiger partial charge < -0.3 is 0 Å². The van der Waals surface area contributed by atoms with Crippen LogP contribution in [0.5, 0.6) is 0 Å². The molecule has 0 saturated heterocycles. The van der Waals surface area contributed by atoms with Gasteiger partial charge in [-0.2, -0.15) is 5.10 Å². The van der Waals surface area contributed by atoms with Gasteiger partial charge in [-0.15, -0.1) is 0 Å². The molecule has 1 aromatic rings. The molecule has 48 valence electrons. The molecular formula is C6H7ClN2. The molecule has 0 bridgehead atoms. The van der Waals surface area contributed by atoms with Gasteiger partial charge in [-0.1, -0.05) is 11.6 Å². The second-order valence-corrected chi connectivity index (χ2v) is 2.80. The zero-order valence-corrected chi connectivity index (χ0v) is 5.65. The SMILES string of the molecule is Clc1c[nH]nc1C1CC1. The maximum Gasteiger partial charge on any atom is 0.0839 e. The molecular weight excluding hydrogens is 136 g/mol. The van der Waals surface area contributed by atoms with Crippen LogP contribution in [0.25, 0.3) is 0 Å². The first-order valence-corrected chi connectivity index (χ1v) is 3.45. The van der Waals surface area contributed by atoms with Crippen LogP contribution in [0.2, 0.25) is 5.02 Å². The van der Waals surface area contributed by atoms with E-state index in [1.54, 1.807) is 6.20 Å². The summed E-state index contributed by atoms with van der Waals surface area (Å²) in [6.07, 6.45) is 4.24. The summed E-state index contributed by atoms with van der Waals surface area (Å²) in [5, 5.41) is 7.55. The summed E-state index contributed by atoms with van der Waals surface area (Å²) in [4.78, 5) is 0. The van der Waals surface area contributed by atoms with Crippen molar-refractivity contribution in [3.63, 3.8) is 0 Å². The van der Waals surface area contributed by atoms with E-state index in [9.17, 15) is 0 Å². The Morgan fingerprint density at radius 3 is 2.89 bits per heavy atom. The molecule has 9 heavy (non-hydrogen) atoms. The molecule has 0 unspecified atom stereocenters. The lowest BCUT2D eigenvalue weighted by Gasteiger charge is -1.85. The number of aromatic nitrogens is 2. The van der Waals surface area contributed by atoms with Crippen LogP contribution in [0.15, 0.2) is 6.20 Å². The molecule has 1 N–H and O–H groups in total. The number of nitrogens with zero attached hydrogens (tertiary/aromatic N) is 1. The predicted molar refractivity (Wildman–Crippen MR) is 35.6 cm³/mol. The van der Waals surface area contributed by atoms with Crippen molar-refractivity contribution >= 4 is 11.6 Å². The van der Waals surface area contributed by atoms with Gasteiger partial charge in [0, 0.05) is 12.1 Å². The minimum absolute atomic E-state index is 0.656. The molecule has 0 aliphatic heterocycles. The number of aromatic amines is 1. The van der Waals surface area contributed by atoms with E-state index in [0.29, 0.717) is 5.92 Å². The average Bonchev–Trinajstić information content (AvgIpc) is 2.58. The van der Waals surface area contributed by atoms with Crippen LogP contribution in [0.1, 0.15) is 24.5 Å². The van der Waals surface area contributed by atoms with E-state index < -0.39 is 0 Å². The minimum Gasteiger partial charge on any atom is -0.284 e. The second kappa shape index (κ2) is 1.74. The highest BCUT2D eigenvalue weighted by atomic mass is 35.5. The van der Waals surface area contributed by atoms with Gasteiger partial charge in [-0.25, -0.2) is 0 Å². The molecule has 1 fully saturated rings. The molecule has 1 heterocycles. The average molecular weight is 143 g/mol. The largest absolute Gasteiger partial charge is 0.284 e. The minimum atomic E-state index is 0.656. The first-order valence-electron chi connectivity index (χ1n) is 3.07. The Bertz CT molecular complexity index is 215. The van der Waals surface area contributed by atoms with Crippen LogP contribution in [0.4, 0.5) is 0 Å². The standard InChI is InChI=1S/C6H7ClN2/c7-5-3-8-9-6(5)4-1-2-4/h3-4H,1-2H2,(H,8,9). The highest BCUT2D eigenvalue weighted by molar-refractivity contribution is 6.31. The molecule has 2 nitrogen and oxygen atoms in total. The quantitative estimate of drug-likeness (QED) is 0.638. The van der Waals surface area contributed by atoms with E-state index in [0.717, 1.165) is 10.7 Å². The molecule has 0 spiro atoms. The number of hydrogen-bond donors (Lipinski definition) is 1. The molecule has 1 aliphatic rings. The van der Waals surface area contributed by atoms with Gasteiger partial charge in [0.1, 0.15) is 0 Å². The lowest BCUT2D eigenvalue weighted by atomic mass is 10.3. The normalized spacial score (nSPS) is 18.3. The van der Waals surface area contributed by atoms with Crippen molar-refractivity contribution < 1.29 is 0 Å². The molecule has 0 aromatic carbocycles. The van der Waals surface area contributed by atoms with Gasteiger partial charge in [-0.3, -0.25) is 5.10 Å².